The van der Waals surface area contributed by atoms with Crippen molar-refractivity contribution in [2.24, 2.45) is 17.3 Å². The van der Waals surface area contributed by atoms with Gasteiger partial charge in [0.25, 0.3) is 0 Å². The molecule has 4 atom stereocenters. The van der Waals surface area contributed by atoms with Gasteiger partial charge in [0.1, 0.15) is 5.75 Å². The number of phenols is 1. The molecular formula is C22H30O. The third kappa shape index (κ3) is 2.35. The van der Waals surface area contributed by atoms with Gasteiger partial charge in [0.15, 0.2) is 0 Å². The molecule has 0 amide bonds. The van der Waals surface area contributed by atoms with Gasteiger partial charge in [0.05, 0.1) is 0 Å². The number of hydrogen-bond acceptors (Lipinski definition) is 1. The Morgan fingerprint density at radius 3 is 2.96 bits per heavy atom. The van der Waals surface area contributed by atoms with Gasteiger partial charge in [-0.1, -0.05) is 38.0 Å². The molecule has 1 N–H and O–H groups in total. The van der Waals surface area contributed by atoms with E-state index in [1.807, 2.05) is 12.1 Å². The minimum absolute atomic E-state index is 0.437. The standard InChI is InChI=1S/C22H30O/c1-3-4-5-16-7-11-21-20-9-6-15-14-17(23)8-10-18(15)19(20)12-13-22(16,21)2/h7-8,10,14,19-21,23H,3-6,9,11-13H2,1-2H3/t19?,20?,21?,22-/m1/s1. The normalized spacial score (nSPS) is 35.2. The topological polar surface area (TPSA) is 20.2 Å². The number of fused-ring (bicyclic) bond motifs is 5. The van der Waals surface area contributed by atoms with Crippen LogP contribution in [0.2, 0.25) is 0 Å². The minimum atomic E-state index is 0.437. The van der Waals surface area contributed by atoms with Crippen molar-refractivity contribution < 1.29 is 5.11 Å². The lowest BCUT2D eigenvalue weighted by molar-refractivity contribution is 0.0729. The van der Waals surface area contributed by atoms with Crippen LogP contribution < -0.4 is 0 Å². The van der Waals surface area contributed by atoms with Crippen LogP contribution in [-0.4, -0.2) is 5.11 Å². The van der Waals surface area contributed by atoms with Gasteiger partial charge in [-0.05, 0) is 91.4 Å². The van der Waals surface area contributed by atoms with Crippen LogP contribution in [0.15, 0.2) is 29.8 Å². The maximum Gasteiger partial charge on any atom is 0.115 e. The number of unbranched alkanes of at least 4 members (excludes halogenated alkanes) is 1. The first-order valence-corrected chi connectivity index (χ1v) is 9.65. The Labute approximate surface area is 140 Å². The summed E-state index contributed by atoms with van der Waals surface area (Å²) in [6, 6.07) is 6.12. The maximum atomic E-state index is 9.78. The van der Waals surface area contributed by atoms with Crippen LogP contribution in [0.4, 0.5) is 0 Å². The molecule has 124 valence electrons. The second kappa shape index (κ2) is 5.69. The zero-order chi connectivity index (χ0) is 16.0. The molecule has 1 nitrogen and oxygen atoms in total. The monoisotopic (exact) mass is 310 g/mol. The van der Waals surface area contributed by atoms with Gasteiger partial charge in [-0.3, -0.25) is 0 Å². The molecule has 0 heterocycles. The van der Waals surface area contributed by atoms with Gasteiger partial charge in [-0.2, -0.15) is 0 Å². The van der Waals surface area contributed by atoms with Gasteiger partial charge in [-0.15, -0.1) is 0 Å². The number of allylic oxidation sites excluding steroid dienone is 2. The Bertz CT molecular complexity index is 629. The summed E-state index contributed by atoms with van der Waals surface area (Å²) >= 11 is 0. The lowest BCUT2D eigenvalue weighted by Gasteiger charge is -2.50. The molecule has 0 saturated heterocycles. The van der Waals surface area contributed by atoms with Crippen LogP contribution in [-0.2, 0) is 6.42 Å². The average molecular weight is 310 g/mol. The van der Waals surface area contributed by atoms with E-state index in [1.165, 1.54) is 50.5 Å². The molecule has 1 heteroatoms. The molecule has 3 unspecified atom stereocenters. The predicted molar refractivity (Wildman–Crippen MR) is 95.7 cm³/mol. The molecule has 1 aromatic carbocycles. The molecular weight excluding hydrogens is 280 g/mol. The second-order valence-corrected chi connectivity index (χ2v) is 8.32. The van der Waals surface area contributed by atoms with Gasteiger partial charge in [-0.25, -0.2) is 0 Å². The molecule has 0 bridgehead atoms. The summed E-state index contributed by atoms with van der Waals surface area (Å²) in [4.78, 5) is 0. The SMILES string of the molecule is CCCCC1=CCC2C3CCc4cc(O)ccc4C3CC[C@]12C. The van der Waals surface area contributed by atoms with E-state index in [4.69, 9.17) is 0 Å². The molecule has 1 fully saturated rings. The molecule has 3 aliphatic carbocycles. The number of aryl methyl sites for hydroxylation is 1. The molecule has 1 saturated carbocycles. The van der Waals surface area contributed by atoms with E-state index in [2.05, 4.69) is 26.0 Å². The third-order valence-electron chi connectivity index (χ3n) is 7.25. The van der Waals surface area contributed by atoms with Crippen LogP contribution in [0.25, 0.3) is 0 Å². The smallest absolute Gasteiger partial charge is 0.115 e. The number of phenolic OH excluding ortho intramolecular Hbond substituents is 1. The molecule has 0 aliphatic heterocycles. The van der Waals surface area contributed by atoms with E-state index in [-0.39, 0.29) is 0 Å². The van der Waals surface area contributed by atoms with E-state index >= 15 is 0 Å². The van der Waals surface area contributed by atoms with Crippen molar-refractivity contribution in [3.05, 3.63) is 41.0 Å². The molecule has 1 aromatic rings. The van der Waals surface area contributed by atoms with Gasteiger partial charge in [0, 0.05) is 0 Å². The molecule has 0 spiro atoms. The van der Waals surface area contributed by atoms with E-state index in [9.17, 15) is 5.11 Å². The first kappa shape index (κ1) is 15.3. The Hall–Kier alpha value is -1.24. The van der Waals surface area contributed by atoms with Crippen LogP contribution in [0.1, 0.15) is 75.8 Å². The summed E-state index contributed by atoms with van der Waals surface area (Å²) in [5.41, 5.74) is 5.21. The number of aromatic hydroxyl groups is 1. The fraction of sp³-hybridized carbons (Fsp3) is 0.636. The van der Waals surface area contributed by atoms with Crippen molar-refractivity contribution in [2.75, 3.05) is 0 Å². The Morgan fingerprint density at radius 1 is 1.26 bits per heavy atom. The molecule has 3 aliphatic rings. The largest absolute Gasteiger partial charge is 0.508 e. The number of rotatable bonds is 3. The van der Waals surface area contributed by atoms with E-state index in [0.29, 0.717) is 11.2 Å². The highest BCUT2D eigenvalue weighted by atomic mass is 16.3. The van der Waals surface area contributed by atoms with Crippen LogP contribution in [0.3, 0.4) is 0 Å². The Balaban J connectivity index is 1.60. The summed E-state index contributed by atoms with van der Waals surface area (Å²) in [6.07, 6.45) is 13.1. The predicted octanol–water partition coefficient (Wildman–Crippen LogP) is 5.97. The van der Waals surface area contributed by atoms with Crippen LogP contribution in [0, 0.1) is 17.3 Å². The molecule has 4 rings (SSSR count). The minimum Gasteiger partial charge on any atom is -0.508 e. The summed E-state index contributed by atoms with van der Waals surface area (Å²) in [6.45, 7) is 4.87. The highest BCUT2D eigenvalue weighted by Gasteiger charge is 2.51. The summed E-state index contributed by atoms with van der Waals surface area (Å²) in [5.74, 6) is 2.87. The highest BCUT2D eigenvalue weighted by molar-refractivity contribution is 5.41. The fourth-order valence-corrected chi connectivity index (χ4v) is 5.98. The molecule has 0 aromatic heterocycles. The van der Waals surface area contributed by atoms with E-state index in [1.54, 1.807) is 11.1 Å². The van der Waals surface area contributed by atoms with Crippen LogP contribution >= 0.6 is 0 Å². The zero-order valence-corrected chi connectivity index (χ0v) is 14.6. The fourth-order valence-electron chi connectivity index (χ4n) is 5.98. The van der Waals surface area contributed by atoms with Gasteiger partial charge in [0.2, 0.25) is 0 Å². The molecule has 0 radical (unpaired) electrons. The third-order valence-corrected chi connectivity index (χ3v) is 7.25. The zero-order valence-electron chi connectivity index (χ0n) is 14.6. The Kier molecular flexibility index (Phi) is 3.78. The lowest BCUT2D eigenvalue weighted by Crippen LogP contribution is -2.41. The Morgan fingerprint density at radius 2 is 2.13 bits per heavy atom. The summed E-state index contributed by atoms with van der Waals surface area (Å²) < 4.78 is 0. The summed E-state index contributed by atoms with van der Waals surface area (Å²) in [5, 5.41) is 9.78. The van der Waals surface area contributed by atoms with Gasteiger partial charge < -0.3 is 5.11 Å². The van der Waals surface area contributed by atoms with Crippen molar-refractivity contribution in [1.29, 1.82) is 0 Å². The quantitative estimate of drug-likeness (QED) is 0.681. The van der Waals surface area contributed by atoms with Gasteiger partial charge >= 0.3 is 0 Å². The van der Waals surface area contributed by atoms with Crippen molar-refractivity contribution in [2.45, 2.75) is 71.1 Å². The molecule has 23 heavy (non-hydrogen) atoms. The highest BCUT2D eigenvalue weighted by Crippen LogP contribution is 2.61. The van der Waals surface area contributed by atoms with Crippen molar-refractivity contribution >= 4 is 0 Å². The number of benzene rings is 1. The average Bonchev–Trinajstić information content (AvgIpc) is 2.89. The van der Waals surface area contributed by atoms with Crippen LogP contribution in [0.5, 0.6) is 5.75 Å². The first-order valence-electron chi connectivity index (χ1n) is 9.65. The second-order valence-electron chi connectivity index (χ2n) is 8.32. The van der Waals surface area contributed by atoms with Crippen molar-refractivity contribution in [3.63, 3.8) is 0 Å². The van der Waals surface area contributed by atoms with Crippen molar-refractivity contribution in [3.8, 4) is 5.75 Å². The van der Waals surface area contributed by atoms with E-state index in [0.717, 1.165) is 24.2 Å². The van der Waals surface area contributed by atoms with E-state index < -0.39 is 0 Å². The lowest BCUT2D eigenvalue weighted by atomic mass is 9.54. The maximum absolute atomic E-state index is 9.78. The van der Waals surface area contributed by atoms with Crippen molar-refractivity contribution in [1.82, 2.24) is 0 Å². The number of hydrogen-bond donors (Lipinski definition) is 1. The summed E-state index contributed by atoms with van der Waals surface area (Å²) in [7, 11) is 0. The first-order chi connectivity index (χ1) is 11.1.